The zero-order valence-electron chi connectivity index (χ0n) is 18.5. The normalized spacial score (nSPS) is 21.2. The van der Waals surface area contributed by atoms with E-state index in [0.29, 0.717) is 29.9 Å². The minimum absolute atomic E-state index is 0.164. The summed E-state index contributed by atoms with van der Waals surface area (Å²) in [6, 6.07) is 7.65. The van der Waals surface area contributed by atoms with Gasteiger partial charge in [0.15, 0.2) is 16.9 Å². The number of benzene rings is 1. The van der Waals surface area contributed by atoms with E-state index in [1.165, 1.54) is 12.1 Å². The lowest BCUT2D eigenvalue weighted by Crippen LogP contribution is -2.16. The van der Waals surface area contributed by atoms with Crippen molar-refractivity contribution in [2.75, 3.05) is 17.8 Å². The van der Waals surface area contributed by atoms with Crippen LogP contribution in [0.25, 0.3) is 5.52 Å². The minimum atomic E-state index is -4.71. The quantitative estimate of drug-likeness (QED) is 0.285. The summed E-state index contributed by atoms with van der Waals surface area (Å²) in [4.78, 5) is 31.9. The molecule has 15 heteroatoms. The van der Waals surface area contributed by atoms with Crippen molar-refractivity contribution < 1.29 is 37.5 Å². The van der Waals surface area contributed by atoms with Crippen LogP contribution in [0, 0.1) is 5.82 Å². The van der Waals surface area contributed by atoms with E-state index in [-0.39, 0.29) is 23.6 Å². The number of hydrogen-bond donors (Lipinski definition) is 4. The predicted octanol–water partition coefficient (Wildman–Crippen LogP) is 4.25. The Morgan fingerprint density at radius 2 is 2.00 bits per heavy atom. The molecule has 1 aliphatic heterocycles. The number of halogens is 2. The average molecular weight is 549 g/mol. The fourth-order valence-corrected chi connectivity index (χ4v) is 6.63. The summed E-state index contributed by atoms with van der Waals surface area (Å²) in [6.45, 7) is 1.62. The molecule has 11 nitrogen and oxygen atoms in total. The first-order valence-electron chi connectivity index (χ1n) is 10.6. The molecule has 0 saturated carbocycles. The first kappa shape index (κ1) is 26.2. The highest BCUT2D eigenvalue weighted by Crippen LogP contribution is 2.55. The molecule has 3 heterocycles. The van der Waals surface area contributed by atoms with Gasteiger partial charge in [-0.05, 0) is 37.5 Å². The SMILES string of the molecule is C[C@H](Nc1cc(Cl)nn2c([C@H]3CC[C@@H](COP(=O)(O)CP(=O)(O)O)O3)ncc12)c1ccc(F)cc1. The Bertz CT molecular complexity index is 1300. The van der Waals surface area contributed by atoms with Crippen molar-refractivity contribution in [3.63, 3.8) is 0 Å². The van der Waals surface area contributed by atoms with E-state index in [9.17, 15) is 18.4 Å². The Hall–Kier alpha value is -1.88. The molecule has 4 N–H and O–H groups in total. The molecule has 1 fully saturated rings. The summed E-state index contributed by atoms with van der Waals surface area (Å²) in [7, 11) is -9.17. The number of fused-ring (bicyclic) bond motifs is 1. The molecular formula is C20H24ClFN4O7P2. The average Bonchev–Trinajstić information content (AvgIpc) is 3.38. The first-order chi connectivity index (χ1) is 16.4. The van der Waals surface area contributed by atoms with Crippen LogP contribution in [0.2, 0.25) is 5.15 Å². The number of aromatic nitrogens is 3. The summed E-state index contributed by atoms with van der Waals surface area (Å²) in [5.74, 6) is -1.10. The fraction of sp³-hybridized carbons (Fsp3) is 0.400. The monoisotopic (exact) mass is 548 g/mol. The van der Waals surface area contributed by atoms with E-state index in [2.05, 4.69) is 15.4 Å². The number of ether oxygens (including phenoxy) is 1. The van der Waals surface area contributed by atoms with Gasteiger partial charge < -0.3 is 29.3 Å². The van der Waals surface area contributed by atoms with Crippen LogP contribution in [0.5, 0.6) is 0 Å². The van der Waals surface area contributed by atoms with Crippen LogP contribution in [0.4, 0.5) is 10.1 Å². The van der Waals surface area contributed by atoms with E-state index < -0.39 is 33.3 Å². The van der Waals surface area contributed by atoms with E-state index in [1.54, 1.807) is 28.9 Å². The second-order valence-corrected chi connectivity index (χ2v) is 12.7. The maximum absolute atomic E-state index is 13.3. The molecule has 4 atom stereocenters. The molecule has 0 amide bonds. The molecule has 3 aromatic rings. The van der Waals surface area contributed by atoms with Crippen LogP contribution in [-0.2, 0) is 18.4 Å². The molecule has 1 saturated heterocycles. The smallest absolute Gasteiger partial charge is 0.340 e. The molecule has 0 aliphatic carbocycles. The van der Waals surface area contributed by atoms with Gasteiger partial charge >= 0.3 is 15.2 Å². The molecule has 4 rings (SSSR count). The van der Waals surface area contributed by atoms with E-state index in [4.69, 9.17) is 30.6 Å². The van der Waals surface area contributed by atoms with Crippen molar-refractivity contribution in [2.45, 2.75) is 38.0 Å². The third-order valence-corrected chi connectivity index (χ3v) is 9.10. The molecule has 0 radical (unpaired) electrons. The number of imidazole rings is 1. The maximum Gasteiger partial charge on any atom is 0.340 e. The zero-order valence-corrected chi connectivity index (χ0v) is 21.0. The Kier molecular flexibility index (Phi) is 7.66. The first-order valence-corrected chi connectivity index (χ1v) is 14.6. The Morgan fingerprint density at radius 1 is 1.29 bits per heavy atom. The van der Waals surface area contributed by atoms with Crippen LogP contribution >= 0.6 is 26.8 Å². The van der Waals surface area contributed by atoms with Crippen LogP contribution in [0.15, 0.2) is 36.5 Å². The van der Waals surface area contributed by atoms with Gasteiger partial charge in [-0.2, -0.15) is 5.10 Å². The molecule has 2 aromatic heterocycles. The lowest BCUT2D eigenvalue weighted by molar-refractivity contribution is 0.0106. The van der Waals surface area contributed by atoms with Crippen molar-refractivity contribution in [3.05, 3.63) is 58.9 Å². The minimum Gasteiger partial charge on any atom is -0.377 e. The largest absolute Gasteiger partial charge is 0.377 e. The standard InChI is InChI=1S/C20H24ClFN4O7P2/c1-12(13-2-4-14(22)5-3-13)24-16-8-19(21)25-26-17(16)9-23-20(26)18-7-6-15(33-18)10-32-35(30,31)11-34(27,28)29/h2-5,8-9,12,15,18,24H,6-7,10-11H2,1H3,(H,30,31)(H2,27,28,29)/t12-,15-,18+/m0/s1. The van der Waals surface area contributed by atoms with Crippen molar-refractivity contribution >= 4 is 38.0 Å². The Balaban J connectivity index is 1.47. The summed E-state index contributed by atoms with van der Waals surface area (Å²) in [5, 5.41) is 7.88. The van der Waals surface area contributed by atoms with Crippen LogP contribution in [0.1, 0.15) is 43.3 Å². The highest BCUT2D eigenvalue weighted by Gasteiger charge is 2.35. The number of nitrogens with zero attached hydrogens (tertiary/aromatic N) is 3. The second-order valence-electron chi connectivity index (χ2n) is 8.28. The highest BCUT2D eigenvalue weighted by molar-refractivity contribution is 7.70. The van der Waals surface area contributed by atoms with Gasteiger partial charge in [-0.1, -0.05) is 23.7 Å². The molecule has 35 heavy (non-hydrogen) atoms. The lowest BCUT2D eigenvalue weighted by atomic mass is 10.1. The molecule has 190 valence electrons. The van der Waals surface area contributed by atoms with Crippen LogP contribution in [-0.4, -0.2) is 47.9 Å². The third-order valence-electron chi connectivity index (χ3n) is 5.46. The summed E-state index contributed by atoms with van der Waals surface area (Å²) in [6.07, 6.45) is 1.54. The molecule has 0 bridgehead atoms. The zero-order chi connectivity index (χ0) is 25.4. The van der Waals surface area contributed by atoms with Gasteiger partial charge in [-0.25, -0.2) is 13.9 Å². The van der Waals surface area contributed by atoms with E-state index in [0.717, 1.165) is 5.56 Å². The second kappa shape index (κ2) is 10.2. The van der Waals surface area contributed by atoms with E-state index in [1.807, 2.05) is 6.92 Å². The van der Waals surface area contributed by atoms with Gasteiger partial charge in [0.1, 0.15) is 17.4 Å². The number of hydrogen-bond acceptors (Lipinski definition) is 7. The summed E-state index contributed by atoms with van der Waals surface area (Å²) in [5.41, 5.74) is 2.18. The van der Waals surface area contributed by atoms with E-state index >= 15 is 0 Å². The summed E-state index contributed by atoms with van der Waals surface area (Å²) >= 11 is 6.26. The van der Waals surface area contributed by atoms with Gasteiger partial charge in [-0.15, -0.1) is 0 Å². The number of rotatable bonds is 9. The van der Waals surface area contributed by atoms with Crippen molar-refractivity contribution in [2.24, 2.45) is 0 Å². The molecule has 1 unspecified atom stereocenters. The van der Waals surface area contributed by atoms with Gasteiger partial charge in [0.25, 0.3) is 0 Å². The van der Waals surface area contributed by atoms with Gasteiger partial charge in [0.05, 0.1) is 24.6 Å². The Morgan fingerprint density at radius 3 is 2.69 bits per heavy atom. The number of anilines is 1. The third kappa shape index (κ3) is 6.67. The van der Waals surface area contributed by atoms with Gasteiger partial charge in [0, 0.05) is 12.1 Å². The van der Waals surface area contributed by atoms with Gasteiger partial charge in [-0.3, -0.25) is 9.13 Å². The summed E-state index contributed by atoms with van der Waals surface area (Å²) < 4.78 is 48.5. The molecule has 1 aromatic carbocycles. The fourth-order valence-electron chi connectivity index (χ4n) is 3.86. The van der Waals surface area contributed by atoms with Crippen LogP contribution in [0.3, 0.4) is 0 Å². The molecule has 1 aliphatic rings. The van der Waals surface area contributed by atoms with Crippen molar-refractivity contribution in [1.82, 2.24) is 14.6 Å². The number of nitrogens with one attached hydrogen (secondary N) is 1. The lowest BCUT2D eigenvalue weighted by Gasteiger charge is -2.18. The maximum atomic E-state index is 13.3. The molecule has 0 spiro atoms. The van der Waals surface area contributed by atoms with Crippen molar-refractivity contribution in [1.29, 1.82) is 0 Å². The highest BCUT2D eigenvalue weighted by atomic mass is 35.5. The topological polar surface area (TPSA) is 156 Å². The van der Waals surface area contributed by atoms with Crippen molar-refractivity contribution in [3.8, 4) is 0 Å². The van der Waals surface area contributed by atoms with Crippen LogP contribution < -0.4 is 5.32 Å². The predicted molar refractivity (Wildman–Crippen MR) is 126 cm³/mol. The van der Waals surface area contributed by atoms with Gasteiger partial charge in [0.2, 0.25) is 0 Å². The molecular weight excluding hydrogens is 525 g/mol. The Labute approximate surface area is 204 Å².